The van der Waals surface area contributed by atoms with Crippen molar-refractivity contribution in [3.05, 3.63) is 85.6 Å². The molecule has 0 saturated carbocycles. The molecule has 0 aliphatic heterocycles. The number of carbonyl (C=O) groups is 1. The Bertz CT molecular complexity index is 1210. The number of nitrogens with zero attached hydrogens (tertiary/aromatic N) is 2. The largest absolute Gasteiger partial charge is 0.472 e. The minimum absolute atomic E-state index is 0.0215. The van der Waals surface area contributed by atoms with Crippen molar-refractivity contribution in [1.82, 2.24) is 14.9 Å². The van der Waals surface area contributed by atoms with Gasteiger partial charge < -0.3 is 15.2 Å². The fraction of sp³-hybridized carbons (Fsp3) is 0.190. The SMILES string of the molecule is Cc1nc(OCc2ccc(F)cc2CNC(=O)CO)c(Br)c(=O)n1-c1c(F)cccc1F. The Morgan fingerprint density at radius 3 is 2.53 bits per heavy atom. The Balaban J connectivity index is 1.91. The molecule has 0 atom stereocenters. The molecule has 0 unspecified atom stereocenters. The zero-order valence-electron chi connectivity index (χ0n) is 16.7. The first-order chi connectivity index (χ1) is 15.2. The molecule has 0 saturated heterocycles. The fourth-order valence-electron chi connectivity index (χ4n) is 2.94. The monoisotopic (exact) mass is 511 g/mol. The third-order valence-electron chi connectivity index (χ3n) is 4.48. The molecule has 2 N–H and O–H groups in total. The maximum Gasteiger partial charge on any atom is 0.276 e. The molecule has 0 aliphatic carbocycles. The van der Waals surface area contributed by atoms with Crippen molar-refractivity contribution in [3.63, 3.8) is 0 Å². The molecule has 1 amide bonds. The topological polar surface area (TPSA) is 93.5 Å². The molecule has 0 aliphatic rings. The van der Waals surface area contributed by atoms with E-state index in [9.17, 15) is 22.8 Å². The number of hydrogen-bond donors (Lipinski definition) is 2. The quantitative estimate of drug-likeness (QED) is 0.508. The van der Waals surface area contributed by atoms with Gasteiger partial charge in [0.05, 0.1) is 0 Å². The highest BCUT2D eigenvalue weighted by molar-refractivity contribution is 9.10. The van der Waals surface area contributed by atoms with E-state index in [-0.39, 0.29) is 29.3 Å². The highest BCUT2D eigenvalue weighted by Gasteiger charge is 2.20. The highest BCUT2D eigenvalue weighted by Crippen LogP contribution is 2.24. The van der Waals surface area contributed by atoms with Gasteiger partial charge >= 0.3 is 0 Å². The van der Waals surface area contributed by atoms with E-state index >= 15 is 0 Å². The Hall–Kier alpha value is -3.18. The zero-order valence-corrected chi connectivity index (χ0v) is 18.2. The van der Waals surface area contributed by atoms with Gasteiger partial charge in [0.2, 0.25) is 11.8 Å². The summed E-state index contributed by atoms with van der Waals surface area (Å²) < 4.78 is 48.2. The summed E-state index contributed by atoms with van der Waals surface area (Å²) in [5.41, 5.74) is -0.469. The number of ether oxygens (including phenoxy) is 1. The van der Waals surface area contributed by atoms with Crippen molar-refractivity contribution in [2.75, 3.05) is 6.61 Å². The molecule has 7 nitrogen and oxygen atoms in total. The van der Waals surface area contributed by atoms with Gasteiger partial charge in [0, 0.05) is 6.54 Å². The van der Waals surface area contributed by atoms with Crippen LogP contribution in [-0.4, -0.2) is 27.2 Å². The van der Waals surface area contributed by atoms with E-state index < -0.39 is 41.2 Å². The van der Waals surface area contributed by atoms with Crippen molar-refractivity contribution in [2.24, 2.45) is 0 Å². The summed E-state index contributed by atoms with van der Waals surface area (Å²) in [6.45, 7) is 0.474. The first kappa shape index (κ1) is 23.5. The Labute approximate surface area is 188 Å². The number of para-hydroxylation sites is 1. The molecule has 11 heteroatoms. The lowest BCUT2D eigenvalue weighted by Crippen LogP contribution is -2.26. The van der Waals surface area contributed by atoms with Crippen molar-refractivity contribution < 1.29 is 27.8 Å². The second kappa shape index (κ2) is 9.96. The van der Waals surface area contributed by atoms with Gasteiger partial charge in [-0.15, -0.1) is 0 Å². The van der Waals surface area contributed by atoms with Gasteiger partial charge in [-0.3, -0.25) is 14.2 Å². The van der Waals surface area contributed by atoms with E-state index in [1.807, 2.05) is 0 Å². The van der Waals surface area contributed by atoms with E-state index in [4.69, 9.17) is 9.84 Å². The molecule has 1 aromatic heterocycles. The predicted octanol–water partition coefficient (Wildman–Crippen LogP) is 2.91. The Morgan fingerprint density at radius 2 is 1.88 bits per heavy atom. The lowest BCUT2D eigenvalue weighted by molar-refractivity contribution is -0.123. The maximum absolute atomic E-state index is 14.2. The van der Waals surface area contributed by atoms with Crippen LogP contribution in [0.1, 0.15) is 17.0 Å². The fourth-order valence-corrected chi connectivity index (χ4v) is 3.32. The summed E-state index contributed by atoms with van der Waals surface area (Å²) in [6.07, 6.45) is 0. The van der Waals surface area contributed by atoms with E-state index in [0.717, 1.165) is 16.7 Å². The van der Waals surface area contributed by atoms with Crippen LogP contribution in [0.15, 0.2) is 45.7 Å². The van der Waals surface area contributed by atoms with E-state index in [1.165, 1.54) is 31.2 Å². The van der Waals surface area contributed by atoms with Crippen molar-refractivity contribution >= 4 is 21.8 Å². The van der Waals surface area contributed by atoms with Gasteiger partial charge in [-0.05, 0) is 58.2 Å². The zero-order chi connectivity index (χ0) is 23.4. The smallest absolute Gasteiger partial charge is 0.276 e. The first-order valence-corrected chi connectivity index (χ1v) is 10.0. The predicted molar refractivity (Wildman–Crippen MR) is 112 cm³/mol. The second-order valence-electron chi connectivity index (χ2n) is 6.63. The third kappa shape index (κ3) is 5.00. The maximum atomic E-state index is 14.2. The molecule has 168 valence electrons. The number of carbonyl (C=O) groups excluding carboxylic acids is 1. The average molecular weight is 512 g/mol. The van der Waals surface area contributed by atoms with Gasteiger partial charge in [0.1, 0.15) is 46.6 Å². The molecule has 1 heterocycles. The number of aryl methyl sites for hydroxylation is 1. The van der Waals surface area contributed by atoms with Crippen molar-refractivity contribution in [1.29, 1.82) is 0 Å². The van der Waals surface area contributed by atoms with Gasteiger partial charge in [-0.2, -0.15) is 4.98 Å². The van der Waals surface area contributed by atoms with Gasteiger partial charge in [-0.1, -0.05) is 12.1 Å². The summed E-state index contributed by atoms with van der Waals surface area (Å²) in [5.74, 6) is -3.18. The van der Waals surface area contributed by atoms with Crippen molar-refractivity contribution in [3.8, 4) is 11.6 Å². The Kier molecular flexibility index (Phi) is 7.31. The number of rotatable bonds is 7. The number of halogens is 4. The van der Waals surface area contributed by atoms with Gasteiger partial charge in [0.15, 0.2) is 0 Å². The van der Waals surface area contributed by atoms with Crippen LogP contribution in [0, 0.1) is 24.4 Å². The molecule has 3 rings (SSSR count). The number of aromatic nitrogens is 2. The minimum atomic E-state index is -0.932. The third-order valence-corrected chi connectivity index (χ3v) is 5.16. The molecule has 0 bridgehead atoms. The number of hydrogen-bond acceptors (Lipinski definition) is 5. The first-order valence-electron chi connectivity index (χ1n) is 9.24. The summed E-state index contributed by atoms with van der Waals surface area (Å²) >= 11 is 3.06. The summed E-state index contributed by atoms with van der Waals surface area (Å²) in [6, 6.07) is 7.05. The lowest BCUT2D eigenvalue weighted by atomic mass is 10.1. The number of amides is 1. The standard InChI is InChI=1S/C21H17BrF3N3O4/c1-11-27-20(18(22)21(31)28(11)19-15(24)3-2-4-16(19)25)32-10-12-5-6-14(23)7-13(12)8-26-17(30)9-29/h2-7,29H,8-10H2,1H3,(H,26,30). The van der Waals surface area contributed by atoms with Crippen LogP contribution in [0.5, 0.6) is 5.88 Å². The van der Waals surface area contributed by atoms with E-state index in [2.05, 4.69) is 26.2 Å². The van der Waals surface area contributed by atoms with Crippen LogP contribution in [0.4, 0.5) is 13.2 Å². The molecule has 0 spiro atoms. The molecule has 2 aromatic carbocycles. The lowest BCUT2D eigenvalue weighted by Gasteiger charge is -2.15. The summed E-state index contributed by atoms with van der Waals surface area (Å²) in [7, 11) is 0. The molecule has 0 radical (unpaired) electrons. The number of benzene rings is 2. The number of aliphatic hydroxyl groups excluding tert-OH is 1. The van der Waals surface area contributed by atoms with E-state index in [0.29, 0.717) is 11.1 Å². The summed E-state index contributed by atoms with van der Waals surface area (Å²) in [5, 5.41) is 11.2. The summed E-state index contributed by atoms with van der Waals surface area (Å²) in [4.78, 5) is 28.2. The van der Waals surface area contributed by atoms with Crippen LogP contribution in [0.25, 0.3) is 5.69 Å². The Morgan fingerprint density at radius 1 is 1.19 bits per heavy atom. The highest BCUT2D eigenvalue weighted by atomic mass is 79.9. The van der Waals surface area contributed by atoms with Gasteiger partial charge in [-0.25, -0.2) is 13.2 Å². The molecule has 32 heavy (non-hydrogen) atoms. The van der Waals surface area contributed by atoms with Crippen molar-refractivity contribution in [2.45, 2.75) is 20.1 Å². The van der Waals surface area contributed by atoms with Crippen LogP contribution in [0.2, 0.25) is 0 Å². The van der Waals surface area contributed by atoms with Crippen LogP contribution >= 0.6 is 15.9 Å². The van der Waals surface area contributed by atoms with Gasteiger partial charge in [0.25, 0.3) is 5.56 Å². The van der Waals surface area contributed by atoms with E-state index in [1.54, 1.807) is 0 Å². The molecule has 0 fully saturated rings. The molecular formula is C21H17BrF3N3O4. The average Bonchev–Trinajstić information content (AvgIpc) is 2.76. The number of nitrogens with one attached hydrogen (secondary N) is 1. The van der Waals surface area contributed by atoms with Crippen LogP contribution in [0.3, 0.4) is 0 Å². The molecular weight excluding hydrogens is 495 g/mol. The van der Waals surface area contributed by atoms with Crippen LogP contribution < -0.4 is 15.6 Å². The van der Waals surface area contributed by atoms with Crippen LogP contribution in [-0.2, 0) is 17.9 Å². The number of aliphatic hydroxyl groups is 1. The minimum Gasteiger partial charge on any atom is -0.472 e. The molecule has 3 aromatic rings. The normalized spacial score (nSPS) is 10.8. The second-order valence-corrected chi connectivity index (χ2v) is 7.42.